The first kappa shape index (κ1) is 15.4. The lowest BCUT2D eigenvalue weighted by Gasteiger charge is -2.19. The molecule has 2 bridgehead atoms. The van der Waals surface area contributed by atoms with E-state index >= 15 is 0 Å². The van der Waals surface area contributed by atoms with Crippen LogP contribution in [0.3, 0.4) is 0 Å². The van der Waals surface area contributed by atoms with Crippen molar-refractivity contribution < 1.29 is 22.7 Å². The van der Waals surface area contributed by atoms with Crippen LogP contribution < -0.4 is 4.31 Å². The third-order valence-corrected chi connectivity index (χ3v) is 7.31. The number of carbonyl (C=O) groups excluding carboxylic acids is 2. The predicted octanol–water partition coefficient (Wildman–Crippen LogP) is 1.73. The van der Waals surface area contributed by atoms with Crippen molar-refractivity contribution in [3.05, 3.63) is 42.0 Å². The molecular weight excluding hydrogens is 330 g/mol. The Bertz CT molecular complexity index is 842. The molecule has 4 rings (SSSR count). The summed E-state index contributed by atoms with van der Waals surface area (Å²) in [7, 11) is -3.72. The lowest BCUT2D eigenvalue weighted by atomic mass is 9.92. The van der Waals surface area contributed by atoms with Crippen molar-refractivity contribution in [2.45, 2.75) is 18.6 Å². The number of sulfonamides is 1. The van der Waals surface area contributed by atoms with Gasteiger partial charge in [-0.3, -0.25) is 4.79 Å². The van der Waals surface area contributed by atoms with Gasteiger partial charge in [-0.05, 0) is 49.4 Å². The Morgan fingerprint density at radius 2 is 1.88 bits per heavy atom. The number of carbonyl (C=O) groups is 2. The molecule has 1 aliphatic heterocycles. The standard InChI is InChI=1S/C17H17NO5S/c1-2-23-17(20)10-5-7-13(8-6-10)18-16(19)14-11-3-4-12(9-11)15(14)24(18,21)22/h3-8,11-12,14-15H,2,9H2,1H3/t11-,12+,14-,15+/m0/s1. The molecule has 1 aromatic rings. The monoisotopic (exact) mass is 347 g/mol. The Balaban J connectivity index is 1.68. The van der Waals surface area contributed by atoms with Gasteiger partial charge in [-0.2, -0.15) is 0 Å². The zero-order valence-corrected chi connectivity index (χ0v) is 13.9. The van der Waals surface area contributed by atoms with E-state index in [-0.39, 0.29) is 30.0 Å². The number of hydrogen-bond acceptors (Lipinski definition) is 5. The molecule has 1 saturated heterocycles. The Kier molecular flexibility index (Phi) is 3.32. The minimum absolute atomic E-state index is 0.0195. The zero-order chi connectivity index (χ0) is 17.1. The first-order valence-corrected chi connectivity index (χ1v) is 9.49. The molecule has 0 spiro atoms. The lowest BCUT2D eigenvalue weighted by Crippen LogP contribution is -2.33. The number of anilines is 1. The summed E-state index contributed by atoms with van der Waals surface area (Å²) in [6.45, 7) is 1.97. The summed E-state index contributed by atoms with van der Waals surface area (Å²) in [5.41, 5.74) is 0.605. The summed E-state index contributed by atoms with van der Waals surface area (Å²) >= 11 is 0. The zero-order valence-electron chi connectivity index (χ0n) is 13.1. The van der Waals surface area contributed by atoms with Crippen molar-refractivity contribution in [1.29, 1.82) is 0 Å². The van der Waals surface area contributed by atoms with Crippen LogP contribution in [0.1, 0.15) is 23.7 Å². The fraction of sp³-hybridized carbons (Fsp3) is 0.412. The van der Waals surface area contributed by atoms with Gasteiger partial charge in [0.05, 0.1) is 29.0 Å². The van der Waals surface area contributed by atoms with Gasteiger partial charge in [0.2, 0.25) is 15.9 Å². The summed E-state index contributed by atoms with van der Waals surface area (Å²) in [6.07, 6.45) is 4.63. The third kappa shape index (κ3) is 1.97. The number of benzene rings is 1. The number of esters is 1. The van der Waals surface area contributed by atoms with Crippen LogP contribution in [0, 0.1) is 17.8 Å². The maximum atomic E-state index is 12.9. The molecule has 0 N–H and O–H groups in total. The highest BCUT2D eigenvalue weighted by atomic mass is 32.2. The molecule has 2 aliphatic carbocycles. The van der Waals surface area contributed by atoms with Crippen LogP contribution in [-0.4, -0.2) is 32.2 Å². The highest BCUT2D eigenvalue weighted by Gasteiger charge is 2.63. The molecule has 1 amide bonds. The molecule has 1 saturated carbocycles. The molecule has 6 nitrogen and oxygen atoms in total. The van der Waals surface area contributed by atoms with Gasteiger partial charge < -0.3 is 4.74 Å². The van der Waals surface area contributed by atoms with Gasteiger partial charge >= 0.3 is 5.97 Å². The molecule has 1 aromatic carbocycles. The van der Waals surface area contributed by atoms with Gasteiger partial charge in [-0.25, -0.2) is 17.5 Å². The van der Waals surface area contributed by atoms with E-state index < -0.39 is 27.2 Å². The quantitative estimate of drug-likeness (QED) is 0.614. The number of hydrogen-bond donors (Lipinski definition) is 0. The number of allylic oxidation sites excluding steroid dienone is 2. The largest absolute Gasteiger partial charge is 0.462 e. The molecule has 1 heterocycles. The minimum Gasteiger partial charge on any atom is -0.462 e. The smallest absolute Gasteiger partial charge is 0.338 e. The molecule has 0 unspecified atom stereocenters. The molecule has 7 heteroatoms. The van der Waals surface area contributed by atoms with Crippen LogP contribution in [0.4, 0.5) is 5.69 Å². The summed E-state index contributed by atoms with van der Waals surface area (Å²) in [6, 6.07) is 5.93. The summed E-state index contributed by atoms with van der Waals surface area (Å²) < 4.78 is 31.6. The average Bonchev–Trinajstić information content (AvgIpc) is 3.21. The third-order valence-electron chi connectivity index (χ3n) is 5.08. The SMILES string of the molecule is CCOC(=O)c1ccc(N2C(=O)[C@@H]3[C@@H]([C@@H]4C=C[C@H]3C4)S2(=O)=O)cc1. The van der Waals surface area contributed by atoms with Gasteiger partial charge in [0.15, 0.2) is 0 Å². The van der Waals surface area contributed by atoms with Crippen LogP contribution in [0.2, 0.25) is 0 Å². The topological polar surface area (TPSA) is 80.8 Å². The molecule has 2 fully saturated rings. The van der Waals surface area contributed by atoms with E-state index in [4.69, 9.17) is 4.74 Å². The Morgan fingerprint density at radius 1 is 1.21 bits per heavy atom. The second-order valence-electron chi connectivity index (χ2n) is 6.35. The Labute approximate surface area is 140 Å². The Morgan fingerprint density at radius 3 is 2.50 bits per heavy atom. The number of ether oxygens (including phenoxy) is 1. The van der Waals surface area contributed by atoms with E-state index in [1.807, 2.05) is 12.2 Å². The van der Waals surface area contributed by atoms with Crippen molar-refractivity contribution in [2.24, 2.45) is 17.8 Å². The normalized spacial score (nSPS) is 32.2. The van der Waals surface area contributed by atoms with E-state index in [2.05, 4.69) is 0 Å². The van der Waals surface area contributed by atoms with Crippen molar-refractivity contribution in [2.75, 3.05) is 10.9 Å². The second-order valence-corrected chi connectivity index (χ2v) is 8.29. The van der Waals surface area contributed by atoms with Crippen molar-refractivity contribution in [3.63, 3.8) is 0 Å². The van der Waals surface area contributed by atoms with Crippen molar-refractivity contribution in [3.8, 4) is 0 Å². The number of fused-ring (bicyclic) bond motifs is 5. The van der Waals surface area contributed by atoms with Crippen molar-refractivity contribution in [1.82, 2.24) is 0 Å². The highest BCUT2D eigenvalue weighted by molar-refractivity contribution is 7.94. The fourth-order valence-electron chi connectivity index (χ4n) is 4.11. The maximum absolute atomic E-state index is 12.9. The molecule has 3 aliphatic rings. The van der Waals surface area contributed by atoms with Crippen LogP contribution in [0.5, 0.6) is 0 Å². The molecule has 0 aromatic heterocycles. The Hall–Kier alpha value is -2.15. The summed E-state index contributed by atoms with van der Waals surface area (Å²) in [5.74, 6) is -1.36. The predicted molar refractivity (Wildman–Crippen MR) is 86.8 cm³/mol. The van der Waals surface area contributed by atoms with Crippen LogP contribution in [0.15, 0.2) is 36.4 Å². The van der Waals surface area contributed by atoms with E-state index in [0.29, 0.717) is 5.56 Å². The minimum atomic E-state index is -3.72. The van der Waals surface area contributed by atoms with Gasteiger partial charge in [-0.15, -0.1) is 0 Å². The lowest BCUT2D eigenvalue weighted by molar-refractivity contribution is -0.120. The van der Waals surface area contributed by atoms with Crippen LogP contribution in [-0.2, 0) is 19.6 Å². The summed E-state index contributed by atoms with van der Waals surface area (Å²) in [4.78, 5) is 24.4. The van der Waals surface area contributed by atoms with Gasteiger partial charge in [-0.1, -0.05) is 12.2 Å². The molecule has 24 heavy (non-hydrogen) atoms. The van der Waals surface area contributed by atoms with Gasteiger partial charge in [0, 0.05) is 0 Å². The van der Waals surface area contributed by atoms with E-state index in [1.165, 1.54) is 24.3 Å². The number of rotatable bonds is 3. The number of nitrogens with zero attached hydrogens (tertiary/aromatic N) is 1. The van der Waals surface area contributed by atoms with Crippen LogP contribution >= 0.6 is 0 Å². The van der Waals surface area contributed by atoms with E-state index in [1.54, 1.807) is 6.92 Å². The maximum Gasteiger partial charge on any atom is 0.338 e. The molecule has 0 radical (unpaired) electrons. The molecular formula is C17H17NO5S. The second kappa shape index (κ2) is 5.17. The summed E-state index contributed by atoms with van der Waals surface area (Å²) in [5, 5.41) is -0.648. The fourth-order valence-corrected chi connectivity index (χ4v) is 6.47. The van der Waals surface area contributed by atoms with E-state index in [9.17, 15) is 18.0 Å². The molecule has 126 valence electrons. The van der Waals surface area contributed by atoms with Crippen LogP contribution in [0.25, 0.3) is 0 Å². The van der Waals surface area contributed by atoms with Crippen molar-refractivity contribution >= 4 is 27.6 Å². The van der Waals surface area contributed by atoms with Gasteiger partial charge in [0.1, 0.15) is 0 Å². The first-order valence-electron chi connectivity index (χ1n) is 7.98. The molecule has 4 atom stereocenters. The van der Waals surface area contributed by atoms with Gasteiger partial charge in [0.25, 0.3) is 0 Å². The van der Waals surface area contributed by atoms with E-state index in [0.717, 1.165) is 10.7 Å². The average molecular weight is 347 g/mol. The highest BCUT2D eigenvalue weighted by Crippen LogP contribution is 2.53. The number of amides is 1. The first-order chi connectivity index (χ1) is 11.4.